The number of alkyl halides is 3. The van der Waals surface area contributed by atoms with Gasteiger partial charge in [-0.1, -0.05) is 30.3 Å². The van der Waals surface area contributed by atoms with Crippen LogP contribution in [0, 0.1) is 0 Å². The van der Waals surface area contributed by atoms with Crippen molar-refractivity contribution in [1.29, 1.82) is 0 Å². The molecule has 2 aliphatic rings. The van der Waals surface area contributed by atoms with Crippen molar-refractivity contribution in [2.75, 3.05) is 16.8 Å². The summed E-state index contributed by atoms with van der Waals surface area (Å²) in [4.78, 5) is 36.2. The maximum atomic E-state index is 13.2. The quantitative estimate of drug-likeness (QED) is 0.291. The van der Waals surface area contributed by atoms with Gasteiger partial charge >= 0.3 is 6.36 Å². The Hall–Kier alpha value is -4.45. The van der Waals surface area contributed by atoms with E-state index < -0.39 is 17.7 Å². The minimum atomic E-state index is -4.87. The molecule has 216 valence electrons. The second kappa shape index (κ2) is 10.4. The van der Waals surface area contributed by atoms with Gasteiger partial charge in [0.05, 0.1) is 21.5 Å². The van der Waals surface area contributed by atoms with Crippen LogP contribution in [0.15, 0.2) is 71.2 Å². The summed E-state index contributed by atoms with van der Waals surface area (Å²) in [5, 5.41) is 5.54. The van der Waals surface area contributed by atoms with Crippen molar-refractivity contribution in [1.82, 2.24) is 10.3 Å². The van der Waals surface area contributed by atoms with Gasteiger partial charge in [0, 0.05) is 37.2 Å². The minimum Gasteiger partial charge on any atom is -0.405 e. The zero-order chi connectivity index (χ0) is 29.6. The first-order valence-electron chi connectivity index (χ1n) is 13.3. The van der Waals surface area contributed by atoms with Crippen molar-refractivity contribution in [2.24, 2.45) is 4.99 Å². The van der Waals surface area contributed by atoms with Crippen LogP contribution < -0.4 is 20.3 Å². The van der Waals surface area contributed by atoms with E-state index in [9.17, 15) is 22.8 Å². The molecule has 3 aromatic carbocycles. The van der Waals surface area contributed by atoms with Gasteiger partial charge in [-0.05, 0) is 49.2 Å². The number of fused-ring (bicyclic) bond motifs is 1. The van der Waals surface area contributed by atoms with E-state index >= 15 is 0 Å². The molecule has 2 aliphatic heterocycles. The summed E-state index contributed by atoms with van der Waals surface area (Å²) < 4.78 is 44.1. The van der Waals surface area contributed by atoms with E-state index in [1.807, 2.05) is 37.3 Å². The average Bonchev–Trinajstić information content (AvgIpc) is 3.54. The molecule has 0 unspecified atom stereocenters. The van der Waals surface area contributed by atoms with Crippen molar-refractivity contribution >= 4 is 50.6 Å². The third kappa shape index (κ3) is 5.18. The largest absolute Gasteiger partial charge is 0.573 e. The molecule has 0 aliphatic carbocycles. The van der Waals surface area contributed by atoms with E-state index in [4.69, 9.17) is 0 Å². The maximum Gasteiger partial charge on any atom is 0.573 e. The Morgan fingerprint density at radius 1 is 1.14 bits per heavy atom. The van der Waals surface area contributed by atoms with E-state index in [1.165, 1.54) is 36.5 Å². The first kappa shape index (κ1) is 27.7. The molecule has 0 bridgehead atoms. The summed E-state index contributed by atoms with van der Waals surface area (Å²) in [6.45, 7) is 3.99. The van der Waals surface area contributed by atoms with E-state index in [2.05, 4.69) is 36.3 Å². The predicted molar refractivity (Wildman–Crippen MR) is 156 cm³/mol. The number of rotatable bonds is 5. The van der Waals surface area contributed by atoms with Gasteiger partial charge in [0.15, 0.2) is 0 Å². The van der Waals surface area contributed by atoms with E-state index in [0.29, 0.717) is 25.1 Å². The number of amidine groups is 1. The first-order valence-corrected chi connectivity index (χ1v) is 14.2. The molecule has 1 fully saturated rings. The molecule has 1 saturated heterocycles. The molecule has 12 heteroatoms. The van der Waals surface area contributed by atoms with Gasteiger partial charge in [-0.15, -0.1) is 24.5 Å². The highest BCUT2D eigenvalue weighted by atomic mass is 32.1. The van der Waals surface area contributed by atoms with Gasteiger partial charge < -0.3 is 20.3 Å². The lowest BCUT2D eigenvalue weighted by Gasteiger charge is -2.42. The summed E-state index contributed by atoms with van der Waals surface area (Å²) in [6.07, 6.45) is -4.09. The maximum absolute atomic E-state index is 13.2. The number of carbonyl (C=O) groups is 2. The van der Waals surface area contributed by atoms with Gasteiger partial charge in [0.25, 0.3) is 5.91 Å². The standard InChI is InChI=1S/C30H26F3N5O3S/c1-17-15-29(28(40)36-27(37-29)22-8-3-4-9-24(22)41-30(31,32)33)12-13-38(17)20-7-5-6-19(14-20)21-10-11-23(35-18(2)39)25-26(21)42-16-34-25/h3-11,14,16-17H,12-13,15H2,1-2H3,(H,35,39)(H,36,37,40)/t17-,29+/m0/s1. The topological polar surface area (TPSA) is 95.9 Å². The lowest BCUT2D eigenvalue weighted by atomic mass is 9.83. The molecule has 1 spiro atoms. The van der Waals surface area contributed by atoms with Crippen LogP contribution in [0.5, 0.6) is 5.75 Å². The molecule has 2 N–H and O–H groups in total. The highest BCUT2D eigenvalue weighted by Crippen LogP contribution is 2.40. The van der Waals surface area contributed by atoms with Crippen molar-refractivity contribution < 1.29 is 27.5 Å². The highest BCUT2D eigenvalue weighted by Gasteiger charge is 2.48. The van der Waals surface area contributed by atoms with Crippen LogP contribution in [0.2, 0.25) is 0 Å². The third-order valence-electron chi connectivity index (χ3n) is 7.56. The van der Waals surface area contributed by atoms with Crippen molar-refractivity contribution in [3.8, 4) is 16.9 Å². The Labute approximate surface area is 243 Å². The number of anilines is 2. The zero-order valence-corrected chi connectivity index (χ0v) is 23.5. The lowest BCUT2D eigenvalue weighted by Crippen LogP contribution is -2.53. The molecule has 8 nitrogen and oxygen atoms in total. The minimum absolute atomic E-state index is 0.0822. The average molecular weight is 594 g/mol. The number of amides is 2. The molecular formula is C30H26F3N5O3S. The number of nitrogens with one attached hydrogen (secondary N) is 2. The van der Waals surface area contributed by atoms with Gasteiger partial charge in [-0.3, -0.25) is 14.6 Å². The number of aromatic nitrogens is 1. The van der Waals surface area contributed by atoms with Crippen LogP contribution in [0.25, 0.3) is 21.3 Å². The number of para-hydroxylation sites is 1. The summed E-state index contributed by atoms with van der Waals surface area (Å²) in [7, 11) is 0. The normalized spacial score (nSPS) is 20.5. The van der Waals surface area contributed by atoms with Crippen molar-refractivity contribution in [3.05, 3.63) is 71.7 Å². The molecule has 6 rings (SSSR count). The Morgan fingerprint density at radius 2 is 1.95 bits per heavy atom. The smallest absolute Gasteiger partial charge is 0.405 e. The van der Waals surface area contributed by atoms with E-state index in [0.717, 1.165) is 27.0 Å². The number of hydrogen-bond acceptors (Lipinski definition) is 7. The van der Waals surface area contributed by atoms with E-state index in [-0.39, 0.29) is 29.3 Å². The Balaban J connectivity index is 1.26. The zero-order valence-electron chi connectivity index (χ0n) is 22.7. The van der Waals surface area contributed by atoms with Crippen molar-refractivity contribution in [3.63, 3.8) is 0 Å². The fourth-order valence-electron chi connectivity index (χ4n) is 5.76. The van der Waals surface area contributed by atoms with Crippen molar-refractivity contribution in [2.45, 2.75) is 44.6 Å². The Kier molecular flexibility index (Phi) is 6.88. The van der Waals surface area contributed by atoms with Gasteiger partial charge in [0.1, 0.15) is 22.6 Å². The summed E-state index contributed by atoms with van der Waals surface area (Å²) in [5.41, 5.74) is 5.11. The second-order valence-electron chi connectivity index (χ2n) is 10.4. The number of halogens is 3. The van der Waals surface area contributed by atoms with Crippen LogP contribution >= 0.6 is 11.3 Å². The van der Waals surface area contributed by atoms with Crippen LogP contribution in [0.4, 0.5) is 24.5 Å². The second-order valence-corrected chi connectivity index (χ2v) is 11.3. The molecule has 3 heterocycles. The first-order chi connectivity index (χ1) is 20.0. The fraction of sp³-hybridized carbons (Fsp3) is 0.267. The lowest BCUT2D eigenvalue weighted by molar-refractivity contribution is -0.274. The fourth-order valence-corrected chi connectivity index (χ4v) is 6.61. The molecule has 0 radical (unpaired) electrons. The Bertz CT molecular complexity index is 1740. The number of thiazole rings is 1. The monoisotopic (exact) mass is 593 g/mol. The number of nitrogens with zero attached hydrogens (tertiary/aromatic N) is 3. The summed E-state index contributed by atoms with van der Waals surface area (Å²) in [6, 6.07) is 17.5. The molecule has 0 saturated carbocycles. The number of benzene rings is 3. The summed E-state index contributed by atoms with van der Waals surface area (Å²) in [5.74, 6) is -0.823. The molecule has 1 aromatic heterocycles. The SMILES string of the molecule is CC(=O)Nc1ccc(-c2cccc(N3CC[C@]4(C[C@@H]3C)N=C(c3ccccc3OC(F)(F)F)NC4=O)c2)c2scnc12. The van der Waals surface area contributed by atoms with Gasteiger partial charge in [0.2, 0.25) is 5.91 Å². The number of hydrogen-bond donors (Lipinski definition) is 2. The number of ether oxygens (including phenoxy) is 1. The van der Waals surface area contributed by atoms with Crippen LogP contribution in [-0.2, 0) is 9.59 Å². The Morgan fingerprint density at radius 3 is 2.71 bits per heavy atom. The molecular weight excluding hydrogens is 567 g/mol. The van der Waals surface area contributed by atoms with Gasteiger partial charge in [-0.25, -0.2) is 4.98 Å². The number of piperidine rings is 1. The van der Waals surface area contributed by atoms with E-state index in [1.54, 1.807) is 11.6 Å². The van der Waals surface area contributed by atoms with Crippen LogP contribution in [-0.4, -0.2) is 47.1 Å². The predicted octanol–water partition coefficient (Wildman–Crippen LogP) is 6.12. The third-order valence-corrected chi connectivity index (χ3v) is 8.42. The number of carbonyl (C=O) groups excluding carboxylic acids is 2. The summed E-state index contributed by atoms with van der Waals surface area (Å²) >= 11 is 1.50. The molecule has 42 heavy (non-hydrogen) atoms. The van der Waals surface area contributed by atoms with Gasteiger partial charge in [-0.2, -0.15) is 0 Å². The highest BCUT2D eigenvalue weighted by molar-refractivity contribution is 7.17. The van der Waals surface area contributed by atoms with Crippen LogP contribution in [0.1, 0.15) is 32.3 Å². The molecule has 2 atom stereocenters. The molecule has 2 amide bonds. The molecule has 4 aromatic rings. The number of aliphatic imine (C=N–C) groups is 1. The van der Waals surface area contributed by atoms with Crippen LogP contribution in [0.3, 0.4) is 0 Å².